The van der Waals surface area contributed by atoms with Gasteiger partial charge in [-0.3, -0.25) is 0 Å². The monoisotopic (exact) mass is 309 g/mol. The Kier molecular flexibility index (Phi) is 3.32. The topological polar surface area (TPSA) is 75.7 Å². The van der Waals surface area contributed by atoms with E-state index in [1.54, 1.807) is 6.07 Å². The molecule has 0 aliphatic heterocycles. The van der Waals surface area contributed by atoms with E-state index in [1.807, 2.05) is 0 Å². The molecule has 0 unspecified atom stereocenters. The summed E-state index contributed by atoms with van der Waals surface area (Å²) in [4.78, 5) is 14.9. The van der Waals surface area contributed by atoms with Gasteiger partial charge in [-0.15, -0.1) is 13.2 Å². The molecule has 0 atom stereocenters. The number of hydrogen-bond donors (Lipinski definition) is 2. The molecule has 6 nitrogen and oxygen atoms in total. The maximum Gasteiger partial charge on any atom is 0.573 e. The predicted octanol–water partition coefficient (Wildman–Crippen LogP) is 3.30. The second-order valence-corrected chi connectivity index (χ2v) is 4.42. The number of fused-ring (bicyclic) bond motifs is 1. The molecule has 0 aliphatic rings. The number of nitrogens with zero attached hydrogens (tertiary/aromatic N) is 3. The lowest BCUT2D eigenvalue weighted by atomic mass is 10.2. The van der Waals surface area contributed by atoms with Gasteiger partial charge in [0.05, 0.1) is 6.33 Å². The third-order valence-electron chi connectivity index (χ3n) is 2.98. The molecule has 3 aromatic rings. The Labute approximate surface area is 122 Å². The Bertz CT molecular complexity index is 815. The summed E-state index contributed by atoms with van der Waals surface area (Å²) in [7, 11) is 0. The van der Waals surface area contributed by atoms with Crippen LogP contribution < -0.4 is 10.1 Å². The summed E-state index contributed by atoms with van der Waals surface area (Å²) in [5.41, 5.74) is 1.76. The van der Waals surface area contributed by atoms with Gasteiger partial charge in [-0.05, 0) is 19.1 Å². The Hall–Kier alpha value is -2.84. The van der Waals surface area contributed by atoms with Gasteiger partial charge >= 0.3 is 6.36 Å². The molecule has 0 spiro atoms. The highest BCUT2D eigenvalue weighted by Gasteiger charge is 2.32. The zero-order valence-corrected chi connectivity index (χ0v) is 11.3. The molecule has 0 saturated carbocycles. The second kappa shape index (κ2) is 5.17. The Morgan fingerprint density at radius 1 is 1.18 bits per heavy atom. The van der Waals surface area contributed by atoms with E-state index in [9.17, 15) is 13.2 Å². The van der Waals surface area contributed by atoms with Gasteiger partial charge in [0.25, 0.3) is 0 Å². The van der Waals surface area contributed by atoms with Crippen molar-refractivity contribution < 1.29 is 17.9 Å². The molecule has 2 aromatic heterocycles. The van der Waals surface area contributed by atoms with Crippen LogP contribution in [0.1, 0.15) is 5.56 Å². The van der Waals surface area contributed by atoms with Crippen LogP contribution in [0.3, 0.4) is 0 Å². The van der Waals surface area contributed by atoms with Crippen LogP contribution in [0, 0.1) is 6.92 Å². The van der Waals surface area contributed by atoms with E-state index >= 15 is 0 Å². The molecule has 0 fully saturated rings. The lowest BCUT2D eigenvalue weighted by Crippen LogP contribution is -2.18. The van der Waals surface area contributed by atoms with Crippen LogP contribution in [0.25, 0.3) is 11.2 Å². The fourth-order valence-electron chi connectivity index (χ4n) is 1.97. The van der Waals surface area contributed by atoms with E-state index in [4.69, 9.17) is 0 Å². The fourth-order valence-corrected chi connectivity index (χ4v) is 1.97. The Morgan fingerprint density at radius 3 is 2.77 bits per heavy atom. The first kappa shape index (κ1) is 14.1. The first-order chi connectivity index (χ1) is 10.4. The first-order valence-corrected chi connectivity index (χ1v) is 6.20. The quantitative estimate of drug-likeness (QED) is 0.776. The number of ether oxygens (including phenoxy) is 1. The minimum absolute atomic E-state index is 0.273. The number of hydrogen-bond acceptors (Lipinski definition) is 5. The van der Waals surface area contributed by atoms with Crippen molar-refractivity contribution in [3.05, 3.63) is 36.4 Å². The third kappa shape index (κ3) is 2.78. The normalized spacial score (nSPS) is 11.6. The third-order valence-corrected chi connectivity index (χ3v) is 2.98. The van der Waals surface area contributed by atoms with E-state index in [0.29, 0.717) is 28.2 Å². The minimum Gasteiger partial charge on any atom is -0.405 e. The molecule has 0 bridgehead atoms. The minimum atomic E-state index is -4.74. The lowest BCUT2D eigenvalue weighted by Gasteiger charge is -2.15. The van der Waals surface area contributed by atoms with E-state index in [0.717, 1.165) is 0 Å². The predicted molar refractivity (Wildman–Crippen MR) is 72.8 cm³/mol. The van der Waals surface area contributed by atoms with Gasteiger partial charge in [0.1, 0.15) is 12.1 Å². The summed E-state index contributed by atoms with van der Waals surface area (Å²) in [6, 6.07) is 4.33. The van der Waals surface area contributed by atoms with E-state index in [1.165, 1.54) is 31.7 Å². The molecule has 2 N–H and O–H groups in total. The summed E-state index contributed by atoms with van der Waals surface area (Å²) < 4.78 is 41.1. The molecule has 0 radical (unpaired) electrons. The van der Waals surface area contributed by atoms with Crippen LogP contribution in [0.2, 0.25) is 0 Å². The number of rotatable bonds is 3. The molecule has 1 aromatic carbocycles. The van der Waals surface area contributed by atoms with Gasteiger partial charge in [0.2, 0.25) is 0 Å². The average molecular weight is 309 g/mol. The van der Waals surface area contributed by atoms with Crippen molar-refractivity contribution in [2.45, 2.75) is 13.3 Å². The van der Waals surface area contributed by atoms with Gasteiger partial charge in [0.15, 0.2) is 17.0 Å². The standard InChI is InChI=1S/C13H10F3N5O/c1-7-8(3-2-4-9(7)22-13(14,15)16)21-12-10-11(18-5-17-10)19-6-20-12/h2-6H,1H3,(H2,17,18,19,20,21). The van der Waals surface area contributed by atoms with Crippen molar-refractivity contribution in [2.24, 2.45) is 0 Å². The summed E-state index contributed by atoms with van der Waals surface area (Å²) >= 11 is 0. The average Bonchev–Trinajstić information content (AvgIpc) is 2.91. The SMILES string of the molecule is Cc1c(Nc2ncnc3[nH]cnc23)cccc1OC(F)(F)F. The zero-order valence-electron chi connectivity index (χ0n) is 11.3. The van der Waals surface area contributed by atoms with Crippen molar-refractivity contribution in [1.29, 1.82) is 0 Å². The van der Waals surface area contributed by atoms with Crippen LogP contribution in [0.4, 0.5) is 24.7 Å². The summed E-state index contributed by atoms with van der Waals surface area (Å²) in [6.07, 6.45) is -1.96. The summed E-state index contributed by atoms with van der Waals surface area (Å²) in [5.74, 6) is 0.114. The second-order valence-electron chi connectivity index (χ2n) is 4.42. The van der Waals surface area contributed by atoms with Crippen LogP contribution in [-0.2, 0) is 0 Å². The maximum atomic E-state index is 12.4. The number of imidazole rings is 1. The summed E-state index contributed by atoms with van der Waals surface area (Å²) in [5, 5.41) is 2.95. The molecule has 9 heteroatoms. The van der Waals surface area contributed by atoms with Gasteiger partial charge in [-0.2, -0.15) is 0 Å². The number of benzene rings is 1. The number of anilines is 2. The first-order valence-electron chi connectivity index (χ1n) is 6.20. The molecule has 3 rings (SSSR count). The van der Waals surface area contributed by atoms with Crippen molar-refractivity contribution in [3.63, 3.8) is 0 Å². The lowest BCUT2D eigenvalue weighted by molar-refractivity contribution is -0.274. The van der Waals surface area contributed by atoms with Gasteiger partial charge < -0.3 is 15.0 Å². The van der Waals surface area contributed by atoms with E-state index < -0.39 is 6.36 Å². The van der Waals surface area contributed by atoms with E-state index in [2.05, 4.69) is 30.0 Å². The van der Waals surface area contributed by atoms with Crippen LogP contribution in [0.5, 0.6) is 5.75 Å². The van der Waals surface area contributed by atoms with Crippen LogP contribution in [-0.4, -0.2) is 26.3 Å². The molecule has 114 valence electrons. The molecular weight excluding hydrogens is 299 g/mol. The van der Waals surface area contributed by atoms with Crippen LogP contribution in [0.15, 0.2) is 30.9 Å². The highest BCUT2D eigenvalue weighted by Crippen LogP contribution is 2.32. The molecule has 22 heavy (non-hydrogen) atoms. The van der Waals surface area contributed by atoms with Crippen LogP contribution >= 0.6 is 0 Å². The van der Waals surface area contributed by atoms with E-state index in [-0.39, 0.29) is 5.75 Å². The Balaban J connectivity index is 1.96. The molecule has 0 aliphatic carbocycles. The molecule has 0 saturated heterocycles. The molecule has 2 heterocycles. The van der Waals surface area contributed by atoms with Gasteiger partial charge in [-0.1, -0.05) is 6.07 Å². The fraction of sp³-hybridized carbons (Fsp3) is 0.154. The Morgan fingerprint density at radius 2 is 2.00 bits per heavy atom. The van der Waals surface area contributed by atoms with Crippen molar-refractivity contribution >= 4 is 22.7 Å². The molecule has 0 amide bonds. The maximum absolute atomic E-state index is 12.4. The van der Waals surface area contributed by atoms with Crippen molar-refractivity contribution in [2.75, 3.05) is 5.32 Å². The number of aromatic nitrogens is 4. The number of alkyl halides is 3. The number of nitrogens with one attached hydrogen (secondary N) is 2. The van der Waals surface area contributed by atoms with Gasteiger partial charge in [-0.25, -0.2) is 15.0 Å². The van der Waals surface area contributed by atoms with Crippen molar-refractivity contribution in [3.8, 4) is 5.75 Å². The zero-order chi connectivity index (χ0) is 15.7. The number of halogens is 3. The smallest absolute Gasteiger partial charge is 0.405 e. The van der Waals surface area contributed by atoms with Gasteiger partial charge in [0, 0.05) is 11.3 Å². The largest absolute Gasteiger partial charge is 0.573 e. The molecular formula is C13H10F3N5O. The number of aromatic amines is 1. The highest BCUT2D eigenvalue weighted by atomic mass is 19.4. The van der Waals surface area contributed by atoms with Crippen molar-refractivity contribution in [1.82, 2.24) is 19.9 Å². The highest BCUT2D eigenvalue weighted by molar-refractivity contribution is 5.85. The number of H-pyrrole nitrogens is 1. The summed E-state index contributed by atoms with van der Waals surface area (Å²) in [6.45, 7) is 1.52.